The van der Waals surface area contributed by atoms with Crippen LogP contribution in [0.15, 0.2) is 0 Å². The lowest BCUT2D eigenvalue weighted by molar-refractivity contribution is 0.0599. The third-order valence-electron chi connectivity index (χ3n) is 7.24. The van der Waals surface area contributed by atoms with Crippen LogP contribution in [0, 0.1) is 0 Å². The zero-order chi connectivity index (χ0) is 38.1. The zero-order valence-electron chi connectivity index (χ0n) is 33.3. The maximum absolute atomic E-state index is 7.31. The van der Waals surface area contributed by atoms with Crippen molar-refractivity contribution in [1.29, 1.82) is 0 Å². The van der Waals surface area contributed by atoms with Gasteiger partial charge in [0.1, 0.15) is 0 Å². The smallest absolute Gasteiger partial charge is 0.442 e. The standard InChI is InChI=1S/C18H64O16Si16/c1-19-37(6)24-46(14,15)30-44(45(11,12)13)31-50-29-42(40(9)21-38(7)20-35(2)3)22-39(8)25-49(18,34-50)32-47(16,23-36(4)5)27-43-28-48(17,33-50)26-41(43)10/h35-44H,1-18H3. The van der Waals surface area contributed by atoms with Crippen molar-refractivity contribution >= 4 is 141 Å². The maximum Gasteiger partial charge on any atom is 0.645 e. The molecule has 32 heteroatoms. The normalized spacial score (nSPS) is 38.4. The molecule has 3 aliphatic heterocycles. The lowest BCUT2D eigenvalue weighted by Crippen LogP contribution is -2.74. The largest absolute Gasteiger partial charge is 0.645 e. The van der Waals surface area contributed by atoms with Crippen molar-refractivity contribution in [3.8, 4) is 0 Å². The monoisotopic (exact) mass is 984 g/mol. The van der Waals surface area contributed by atoms with Gasteiger partial charge in [-0.1, -0.05) is 19.6 Å². The number of hydrogen-bond donors (Lipinski definition) is 0. The van der Waals surface area contributed by atoms with E-state index in [9.17, 15) is 0 Å². The van der Waals surface area contributed by atoms with E-state index in [1.807, 2.05) is 45.8 Å². The molecule has 3 heterocycles. The summed E-state index contributed by atoms with van der Waals surface area (Å²) in [6.07, 6.45) is 0. The van der Waals surface area contributed by atoms with E-state index in [1.54, 1.807) is 7.11 Å². The van der Waals surface area contributed by atoms with Gasteiger partial charge in [0, 0.05) is 26.8 Å². The molecule has 0 spiro atoms. The molecule has 0 aromatic carbocycles. The Morgan fingerprint density at radius 2 is 1.26 bits per heavy atom. The van der Waals surface area contributed by atoms with Crippen LogP contribution in [0.3, 0.4) is 0 Å². The minimum absolute atomic E-state index is 1.30. The fraction of sp³-hybridized carbons (Fsp3) is 1.00. The first-order valence-corrected chi connectivity index (χ1v) is 57.1. The first-order chi connectivity index (χ1) is 22.7. The molecular weight excluding hydrogens is 922 g/mol. The summed E-state index contributed by atoms with van der Waals surface area (Å²) in [7, 11) is -39.2. The van der Waals surface area contributed by atoms with Gasteiger partial charge >= 0.3 is 80.2 Å². The van der Waals surface area contributed by atoms with Crippen LogP contribution in [0.5, 0.6) is 0 Å². The third kappa shape index (κ3) is 14.3. The highest BCUT2D eigenvalue weighted by atomic mass is 29.3. The van der Waals surface area contributed by atoms with E-state index in [4.69, 9.17) is 66.2 Å². The average molecular weight is 986 g/mol. The van der Waals surface area contributed by atoms with Crippen molar-refractivity contribution < 1.29 is 66.2 Å². The Balaban J connectivity index is 2.21. The number of rotatable bonds is 15. The molecule has 0 N–H and O–H groups in total. The topological polar surface area (TPSA) is 148 Å². The van der Waals surface area contributed by atoms with Gasteiger partial charge in [-0.25, -0.2) is 0 Å². The molecule has 16 nitrogen and oxygen atoms in total. The van der Waals surface area contributed by atoms with Gasteiger partial charge in [0.05, 0.1) is 7.59 Å². The second-order valence-electron chi connectivity index (χ2n) is 15.1. The van der Waals surface area contributed by atoms with E-state index < -0.39 is 141 Å². The molecular formula is C18H64O16Si16. The summed E-state index contributed by atoms with van der Waals surface area (Å²) in [4.78, 5) is 0. The lowest BCUT2D eigenvalue weighted by atomic mass is 11.8. The summed E-state index contributed by atoms with van der Waals surface area (Å²) in [5, 5.41) is 0. The molecule has 3 fully saturated rings. The number of hydrogen-bond acceptors (Lipinski definition) is 16. The number of fused-ring (bicyclic) bond motifs is 4. The van der Waals surface area contributed by atoms with E-state index in [-0.39, 0.29) is 0 Å². The van der Waals surface area contributed by atoms with Crippen LogP contribution in [0.4, 0.5) is 0 Å². The van der Waals surface area contributed by atoms with Crippen molar-refractivity contribution in [1.82, 2.24) is 0 Å². The molecule has 0 radical (unpaired) electrons. The van der Waals surface area contributed by atoms with E-state index in [1.165, 1.54) is 0 Å². The predicted octanol–water partition coefficient (Wildman–Crippen LogP) is 0.226. The van der Waals surface area contributed by atoms with Gasteiger partial charge in [-0.15, -0.1) is 0 Å². The first kappa shape index (κ1) is 47.2. The van der Waals surface area contributed by atoms with Crippen LogP contribution in [0.2, 0.25) is 111 Å². The van der Waals surface area contributed by atoms with Crippen LogP contribution in [-0.4, -0.2) is 148 Å². The molecule has 3 saturated heterocycles. The Hall–Kier alpha value is 2.83. The molecule has 0 aliphatic carbocycles. The predicted molar refractivity (Wildman–Crippen MR) is 229 cm³/mol. The van der Waals surface area contributed by atoms with Gasteiger partial charge in [0.15, 0.2) is 18.1 Å². The van der Waals surface area contributed by atoms with Crippen molar-refractivity contribution in [2.24, 2.45) is 0 Å². The summed E-state index contributed by atoms with van der Waals surface area (Å²) in [6, 6.07) is 0. The van der Waals surface area contributed by atoms with Gasteiger partial charge in [-0.05, 0) is 72.0 Å². The van der Waals surface area contributed by atoms with Crippen LogP contribution in [-0.2, 0) is 66.2 Å². The Morgan fingerprint density at radius 1 is 0.640 bits per heavy atom. The Labute approximate surface area is 323 Å². The van der Waals surface area contributed by atoms with Gasteiger partial charge in [0.25, 0.3) is 18.1 Å². The van der Waals surface area contributed by atoms with E-state index >= 15 is 0 Å². The van der Waals surface area contributed by atoms with E-state index in [0.29, 0.717) is 0 Å². The lowest BCUT2D eigenvalue weighted by Gasteiger charge is -2.48. The van der Waals surface area contributed by atoms with Crippen molar-refractivity contribution in [3.05, 3.63) is 0 Å². The SMILES string of the molecule is CO[SiH](C)O[Si](C)(C)O[SiH](O[Si]12O[SiH]([SiH](C)O[SiH](C)O[SiH](C)C)O[SiH](C)O[Si](C)(O[Si](C)(O[SiH](C)C)O[SiH]3O[Si](C)(O[SiH]3C)O1)O2)[Si](C)(C)C. The highest BCUT2D eigenvalue weighted by Crippen LogP contribution is 2.37. The van der Waals surface area contributed by atoms with Gasteiger partial charge in [-0.2, -0.15) is 0 Å². The third-order valence-corrected chi connectivity index (χ3v) is 73.0. The molecule has 12 atom stereocenters. The Bertz CT molecular complexity index is 1100. The molecule has 3 rings (SSSR count). The molecule has 296 valence electrons. The summed E-state index contributed by atoms with van der Waals surface area (Å²) < 4.78 is 108. The zero-order valence-corrected chi connectivity index (χ0v) is 50.9. The first-order valence-electron chi connectivity index (χ1n) is 17.4. The van der Waals surface area contributed by atoms with E-state index in [2.05, 4.69) is 65.5 Å². The molecule has 12 unspecified atom stereocenters. The van der Waals surface area contributed by atoms with Gasteiger partial charge in [-0.3, -0.25) is 0 Å². The van der Waals surface area contributed by atoms with Crippen molar-refractivity contribution in [2.75, 3.05) is 7.11 Å². The molecule has 0 aromatic heterocycles. The molecule has 0 aromatic rings. The minimum Gasteiger partial charge on any atom is -0.442 e. The molecule has 0 saturated carbocycles. The quantitative estimate of drug-likeness (QED) is 0.206. The molecule has 4 bridgehead atoms. The van der Waals surface area contributed by atoms with Crippen LogP contribution in [0.1, 0.15) is 0 Å². The second kappa shape index (κ2) is 18.6. The van der Waals surface area contributed by atoms with Crippen LogP contribution >= 0.6 is 0 Å². The maximum atomic E-state index is 7.31. The summed E-state index contributed by atoms with van der Waals surface area (Å²) in [5.41, 5.74) is 0. The molecule has 50 heavy (non-hydrogen) atoms. The molecule has 0 amide bonds. The van der Waals surface area contributed by atoms with Crippen LogP contribution in [0.25, 0.3) is 0 Å². The average Bonchev–Trinajstić information content (AvgIpc) is 3.14. The summed E-state index contributed by atoms with van der Waals surface area (Å²) in [6.45, 7) is 35.1. The van der Waals surface area contributed by atoms with Gasteiger partial charge in [0.2, 0.25) is 17.1 Å². The fourth-order valence-electron chi connectivity index (χ4n) is 5.53. The Kier molecular flexibility index (Phi) is 17.6. The minimum atomic E-state index is -4.34. The van der Waals surface area contributed by atoms with Crippen molar-refractivity contribution in [2.45, 2.75) is 111 Å². The van der Waals surface area contributed by atoms with Crippen LogP contribution < -0.4 is 0 Å². The molecule has 3 aliphatic rings. The second-order valence-corrected chi connectivity index (χ2v) is 71.6. The highest BCUT2D eigenvalue weighted by molar-refractivity contribution is 7.29. The van der Waals surface area contributed by atoms with E-state index in [0.717, 1.165) is 0 Å². The summed E-state index contributed by atoms with van der Waals surface area (Å²) in [5.74, 6) is 0. The Morgan fingerprint density at radius 3 is 1.82 bits per heavy atom. The highest BCUT2D eigenvalue weighted by Gasteiger charge is 2.69. The fourth-order valence-corrected chi connectivity index (χ4v) is 91.0. The van der Waals surface area contributed by atoms with Gasteiger partial charge < -0.3 is 66.2 Å². The van der Waals surface area contributed by atoms with Crippen molar-refractivity contribution in [3.63, 3.8) is 0 Å². The summed E-state index contributed by atoms with van der Waals surface area (Å²) >= 11 is 0.